The van der Waals surface area contributed by atoms with Gasteiger partial charge in [0.05, 0.1) is 17.2 Å². The molecule has 0 unspecified atom stereocenters. The molecule has 1 N–H and O–H groups in total. The quantitative estimate of drug-likeness (QED) is 0.851. The Morgan fingerprint density at radius 1 is 1.79 bits per heavy atom. The summed E-state index contributed by atoms with van der Waals surface area (Å²) in [7, 11) is 0. The standard InChI is InChI=1S/C9H9BrN2OS/c1-2-9-12-7(6-14-9)5-11-8(13)3-4-10/h6H,2,5H2,1H3,(H,11,13). The first-order valence-corrected chi connectivity index (χ1v) is 5.76. The van der Waals surface area contributed by atoms with Gasteiger partial charge in [0.1, 0.15) is 0 Å². The van der Waals surface area contributed by atoms with E-state index in [4.69, 9.17) is 0 Å². The van der Waals surface area contributed by atoms with Crippen LogP contribution in [0, 0.1) is 10.8 Å². The summed E-state index contributed by atoms with van der Waals surface area (Å²) in [4.78, 5) is 17.6. The molecular weight excluding hydrogens is 264 g/mol. The van der Waals surface area contributed by atoms with Gasteiger partial charge < -0.3 is 5.32 Å². The number of hydrogen-bond donors (Lipinski definition) is 1. The van der Waals surface area contributed by atoms with Crippen molar-refractivity contribution >= 4 is 33.2 Å². The number of carbonyl (C=O) groups excluding carboxylic acids is 1. The fraction of sp³-hybridized carbons (Fsp3) is 0.333. The molecular formula is C9H9BrN2OS. The summed E-state index contributed by atoms with van der Waals surface area (Å²) in [5, 5.41) is 5.67. The summed E-state index contributed by atoms with van der Waals surface area (Å²) >= 11 is 4.46. The zero-order valence-electron chi connectivity index (χ0n) is 7.63. The predicted octanol–water partition coefficient (Wildman–Crippen LogP) is 1.68. The minimum Gasteiger partial charge on any atom is -0.340 e. The van der Waals surface area contributed by atoms with Crippen LogP contribution in [0.25, 0.3) is 0 Å². The first-order valence-electron chi connectivity index (χ1n) is 4.09. The first-order chi connectivity index (χ1) is 6.76. The molecule has 0 atom stereocenters. The second-order valence-corrected chi connectivity index (χ2v) is 3.83. The molecule has 0 saturated carbocycles. The second kappa shape index (κ2) is 5.78. The highest BCUT2D eigenvalue weighted by atomic mass is 79.9. The number of rotatable bonds is 3. The molecule has 1 amide bonds. The molecule has 5 heteroatoms. The fourth-order valence-corrected chi connectivity index (χ4v) is 1.78. The lowest BCUT2D eigenvalue weighted by Crippen LogP contribution is -2.20. The van der Waals surface area contributed by atoms with Gasteiger partial charge in [-0.1, -0.05) is 6.92 Å². The first kappa shape index (κ1) is 11.2. The summed E-state index contributed by atoms with van der Waals surface area (Å²) in [5.74, 6) is 2.03. The van der Waals surface area contributed by atoms with Crippen LogP contribution < -0.4 is 5.32 Å². The Labute approximate surface area is 95.1 Å². The van der Waals surface area contributed by atoms with E-state index in [9.17, 15) is 4.79 Å². The maximum atomic E-state index is 11.0. The van der Waals surface area contributed by atoms with Gasteiger partial charge in [-0.05, 0) is 11.3 Å². The minimum atomic E-state index is -0.298. The number of aromatic nitrogens is 1. The Hall–Kier alpha value is -0.860. The lowest BCUT2D eigenvalue weighted by atomic mass is 10.4. The van der Waals surface area contributed by atoms with Crippen LogP contribution in [0.3, 0.4) is 0 Å². The third-order valence-corrected chi connectivity index (χ3v) is 2.73. The number of thiazole rings is 1. The van der Waals surface area contributed by atoms with E-state index >= 15 is 0 Å². The molecule has 1 rings (SSSR count). The van der Waals surface area contributed by atoms with Crippen LogP contribution in [0.5, 0.6) is 0 Å². The van der Waals surface area contributed by atoms with Crippen molar-refractivity contribution in [3.05, 3.63) is 16.1 Å². The highest BCUT2D eigenvalue weighted by Crippen LogP contribution is 2.09. The number of nitrogens with zero attached hydrogens (tertiary/aromatic N) is 1. The Balaban J connectivity index is 2.44. The van der Waals surface area contributed by atoms with E-state index in [1.165, 1.54) is 0 Å². The van der Waals surface area contributed by atoms with E-state index in [0.29, 0.717) is 6.54 Å². The molecule has 3 nitrogen and oxygen atoms in total. The lowest BCUT2D eigenvalue weighted by Gasteiger charge is -1.95. The minimum absolute atomic E-state index is 0.298. The third kappa shape index (κ3) is 3.48. The van der Waals surface area contributed by atoms with Crippen molar-refractivity contribution in [2.45, 2.75) is 19.9 Å². The van der Waals surface area contributed by atoms with Crippen molar-refractivity contribution in [1.82, 2.24) is 10.3 Å². The van der Waals surface area contributed by atoms with Gasteiger partial charge >= 0.3 is 0 Å². The van der Waals surface area contributed by atoms with Crippen molar-refractivity contribution in [3.8, 4) is 10.8 Å². The van der Waals surface area contributed by atoms with Gasteiger partial charge in [0, 0.05) is 27.2 Å². The van der Waals surface area contributed by atoms with Crippen LogP contribution in [0.2, 0.25) is 0 Å². The highest BCUT2D eigenvalue weighted by Gasteiger charge is 2.01. The molecule has 0 aromatic carbocycles. The van der Waals surface area contributed by atoms with Gasteiger partial charge in [-0.2, -0.15) is 0 Å². The van der Waals surface area contributed by atoms with Gasteiger partial charge in [0.15, 0.2) is 0 Å². The zero-order valence-corrected chi connectivity index (χ0v) is 10.0. The smallest absolute Gasteiger partial charge is 0.297 e. The van der Waals surface area contributed by atoms with E-state index in [1.807, 2.05) is 5.38 Å². The molecule has 0 fully saturated rings. The number of carbonyl (C=O) groups is 1. The maximum Gasteiger partial charge on any atom is 0.297 e. The number of amides is 1. The second-order valence-electron chi connectivity index (χ2n) is 2.49. The summed E-state index contributed by atoms with van der Waals surface area (Å²) in [6.45, 7) is 2.49. The van der Waals surface area contributed by atoms with Crippen LogP contribution in [-0.4, -0.2) is 10.9 Å². The molecule has 0 bridgehead atoms. The molecule has 0 saturated heterocycles. The summed E-state index contributed by atoms with van der Waals surface area (Å²) in [6, 6.07) is 0. The van der Waals surface area contributed by atoms with Gasteiger partial charge in [0.2, 0.25) is 0 Å². The van der Waals surface area contributed by atoms with E-state index in [1.54, 1.807) is 11.3 Å². The molecule has 1 aromatic heterocycles. The molecule has 1 heterocycles. The highest BCUT2D eigenvalue weighted by molar-refractivity contribution is 9.12. The summed E-state index contributed by atoms with van der Waals surface area (Å²) in [5.41, 5.74) is 0.886. The molecule has 0 aliphatic rings. The molecule has 1 aromatic rings. The molecule has 74 valence electrons. The van der Waals surface area contributed by atoms with Crippen molar-refractivity contribution in [2.24, 2.45) is 0 Å². The van der Waals surface area contributed by atoms with E-state index < -0.39 is 0 Å². The fourth-order valence-electron chi connectivity index (χ4n) is 0.850. The monoisotopic (exact) mass is 272 g/mol. The van der Waals surface area contributed by atoms with Crippen LogP contribution in [0.15, 0.2) is 5.38 Å². The topological polar surface area (TPSA) is 42.0 Å². The predicted molar refractivity (Wildman–Crippen MR) is 60.0 cm³/mol. The van der Waals surface area contributed by atoms with Crippen LogP contribution in [0.1, 0.15) is 17.6 Å². The Morgan fingerprint density at radius 2 is 2.57 bits per heavy atom. The summed E-state index contributed by atoms with van der Waals surface area (Å²) in [6.07, 6.45) is 0.930. The number of hydrogen-bond acceptors (Lipinski definition) is 3. The molecule has 0 spiro atoms. The van der Waals surface area contributed by atoms with Crippen LogP contribution in [0.4, 0.5) is 0 Å². The van der Waals surface area contributed by atoms with E-state index in [2.05, 4.69) is 43.9 Å². The van der Waals surface area contributed by atoms with Crippen molar-refractivity contribution in [3.63, 3.8) is 0 Å². The van der Waals surface area contributed by atoms with Crippen molar-refractivity contribution in [1.29, 1.82) is 0 Å². The van der Waals surface area contributed by atoms with Crippen molar-refractivity contribution in [2.75, 3.05) is 0 Å². The number of halogens is 1. The van der Waals surface area contributed by atoms with Crippen LogP contribution in [-0.2, 0) is 17.8 Å². The van der Waals surface area contributed by atoms with E-state index in [-0.39, 0.29) is 5.91 Å². The van der Waals surface area contributed by atoms with Gasteiger partial charge in [-0.15, -0.1) is 11.3 Å². The Kier molecular flexibility index (Phi) is 4.63. The van der Waals surface area contributed by atoms with Gasteiger partial charge in [-0.25, -0.2) is 4.98 Å². The van der Waals surface area contributed by atoms with Crippen LogP contribution >= 0.6 is 27.3 Å². The van der Waals surface area contributed by atoms with Gasteiger partial charge in [-0.3, -0.25) is 4.79 Å². The average molecular weight is 273 g/mol. The normalized spacial score (nSPS) is 9.00. The Bertz CT molecular complexity index is 378. The number of aryl methyl sites for hydroxylation is 1. The van der Waals surface area contributed by atoms with Crippen molar-refractivity contribution < 1.29 is 4.79 Å². The lowest BCUT2D eigenvalue weighted by molar-refractivity contribution is -0.115. The molecule has 0 aliphatic heterocycles. The maximum absolute atomic E-state index is 11.0. The largest absolute Gasteiger partial charge is 0.340 e. The molecule has 14 heavy (non-hydrogen) atoms. The molecule has 0 aliphatic carbocycles. The summed E-state index contributed by atoms with van der Waals surface area (Å²) < 4.78 is 0. The third-order valence-electron chi connectivity index (χ3n) is 1.49. The van der Waals surface area contributed by atoms with Gasteiger partial charge in [0.25, 0.3) is 5.91 Å². The zero-order chi connectivity index (χ0) is 10.4. The average Bonchev–Trinajstić information content (AvgIpc) is 2.63. The molecule has 0 radical (unpaired) electrons. The Morgan fingerprint density at radius 3 is 3.14 bits per heavy atom. The van der Waals surface area contributed by atoms with E-state index in [0.717, 1.165) is 17.1 Å². The number of nitrogens with one attached hydrogen (secondary N) is 1. The SMILES string of the molecule is CCc1nc(CNC(=O)C#CBr)cs1.